The Labute approximate surface area is 228 Å². The van der Waals surface area contributed by atoms with E-state index in [4.69, 9.17) is 14.5 Å². The van der Waals surface area contributed by atoms with Gasteiger partial charge < -0.3 is 19.7 Å². The monoisotopic (exact) mass is 530 g/mol. The third-order valence-electron chi connectivity index (χ3n) is 6.66. The molecule has 0 bridgehead atoms. The largest absolute Gasteiger partial charge is 0.497 e. The number of carbonyl (C=O) groups excluding carboxylic acids is 2. The first-order valence-electron chi connectivity index (χ1n) is 13.1. The predicted octanol–water partition coefficient (Wildman–Crippen LogP) is 5.57. The summed E-state index contributed by atoms with van der Waals surface area (Å²) in [5, 5.41) is 3.23. The third-order valence-corrected chi connectivity index (χ3v) is 6.66. The molecule has 3 aromatic rings. The van der Waals surface area contributed by atoms with E-state index in [9.17, 15) is 9.59 Å². The molecule has 204 valence electrons. The highest BCUT2D eigenvalue weighted by Gasteiger charge is 2.40. The molecule has 1 atom stereocenters. The van der Waals surface area contributed by atoms with E-state index in [-0.39, 0.29) is 18.2 Å². The second kappa shape index (κ2) is 10.8. The highest BCUT2D eigenvalue weighted by molar-refractivity contribution is 6.06. The number of hydrogen-bond donors (Lipinski definition) is 1. The molecule has 0 spiro atoms. The summed E-state index contributed by atoms with van der Waals surface area (Å²) >= 11 is 0. The molecule has 1 aromatic heterocycles. The van der Waals surface area contributed by atoms with Crippen molar-refractivity contribution in [1.29, 1.82) is 0 Å². The highest BCUT2D eigenvalue weighted by atomic mass is 16.6. The molecule has 10 nitrogen and oxygen atoms in total. The molecule has 0 radical (unpaired) electrons. The van der Waals surface area contributed by atoms with Crippen molar-refractivity contribution in [2.75, 3.05) is 35.3 Å². The maximum atomic E-state index is 14.1. The first kappa shape index (κ1) is 26.3. The maximum absolute atomic E-state index is 14.1. The molecular weight excluding hydrogens is 496 g/mol. The van der Waals surface area contributed by atoms with E-state index in [1.165, 1.54) is 0 Å². The fraction of sp³-hybridized carbons (Fsp3) is 0.379. The Morgan fingerprint density at radius 3 is 2.51 bits per heavy atom. The van der Waals surface area contributed by atoms with Gasteiger partial charge in [-0.15, -0.1) is 0 Å². The van der Waals surface area contributed by atoms with Crippen molar-refractivity contribution in [1.82, 2.24) is 14.9 Å². The zero-order valence-electron chi connectivity index (χ0n) is 22.8. The molecule has 1 unspecified atom stereocenters. The van der Waals surface area contributed by atoms with Gasteiger partial charge in [0.2, 0.25) is 5.95 Å². The zero-order chi connectivity index (χ0) is 27.6. The van der Waals surface area contributed by atoms with Crippen LogP contribution in [-0.2, 0) is 11.3 Å². The molecule has 0 aliphatic carbocycles. The molecule has 5 rings (SSSR count). The Balaban J connectivity index is 1.49. The lowest BCUT2D eigenvalue weighted by Crippen LogP contribution is -2.58. The van der Waals surface area contributed by atoms with Crippen molar-refractivity contribution >= 4 is 35.3 Å². The molecule has 3 amide bonds. The molecular formula is C29H34N6O4. The van der Waals surface area contributed by atoms with Gasteiger partial charge >= 0.3 is 12.1 Å². The van der Waals surface area contributed by atoms with Gasteiger partial charge in [-0.1, -0.05) is 18.2 Å². The minimum atomic E-state index is -0.603. The first-order valence-corrected chi connectivity index (χ1v) is 13.1. The number of para-hydroxylation sites is 1. The summed E-state index contributed by atoms with van der Waals surface area (Å²) in [7, 11) is 1.61. The van der Waals surface area contributed by atoms with Gasteiger partial charge in [0.15, 0.2) is 0 Å². The number of hydrogen-bond acceptors (Lipinski definition) is 7. The van der Waals surface area contributed by atoms with Crippen LogP contribution >= 0.6 is 0 Å². The third kappa shape index (κ3) is 5.89. The smallest absolute Gasteiger partial charge is 0.410 e. The van der Waals surface area contributed by atoms with Crippen LogP contribution in [0, 0.1) is 0 Å². The van der Waals surface area contributed by atoms with Crippen LogP contribution in [0.5, 0.6) is 5.75 Å². The number of aromatic nitrogens is 2. The fourth-order valence-electron chi connectivity index (χ4n) is 4.84. The van der Waals surface area contributed by atoms with Crippen molar-refractivity contribution < 1.29 is 19.1 Å². The minimum absolute atomic E-state index is 0.201. The van der Waals surface area contributed by atoms with Crippen LogP contribution in [-0.4, -0.2) is 58.8 Å². The lowest BCUT2D eigenvalue weighted by atomic mass is 10.0. The molecule has 2 aliphatic heterocycles. The molecule has 0 saturated carbocycles. The quantitative estimate of drug-likeness (QED) is 0.460. The number of anilines is 4. The van der Waals surface area contributed by atoms with Crippen molar-refractivity contribution in [2.24, 2.45) is 0 Å². The van der Waals surface area contributed by atoms with Crippen molar-refractivity contribution in [3.63, 3.8) is 0 Å². The van der Waals surface area contributed by atoms with Crippen molar-refractivity contribution in [2.45, 2.75) is 51.8 Å². The second-order valence-electron chi connectivity index (χ2n) is 10.7. The van der Waals surface area contributed by atoms with Crippen LogP contribution in [0.25, 0.3) is 0 Å². The number of urea groups is 1. The number of amides is 3. The van der Waals surface area contributed by atoms with E-state index in [0.29, 0.717) is 37.1 Å². The van der Waals surface area contributed by atoms with E-state index in [2.05, 4.69) is 10.3 Å². The summed E-state index contributed by atoms with van der Waals surface area (Å²) < 4.78 is 10.9. The van der Waals surface area contributed by atoms with Gasteiger partial charge in [-0.3, -0.25) is 9.80 Å². The van der Waals surface area contributed by atoms with E-state index < -0.39 is 5.60 Å². The Bertz CT molecular complexity index is 1330. The molecule has 2 aromatic carbocycles. The number of carbonyl (C=O) groups is 2. The first-order chi connectivity index (χ1) is 18.7. The molecule has 1 saturated heterocycles. The van der Waals surface area contributed by atoms with Gasteiger partial charge in [0, 0.05) is 36.2 Å². The second-order valence-corrected chi connectivity index (χ2v) is 10.7. The molecule has 1 N–H and O–H groups in total. The lowest BCUT2D eigenvalue weighted by molar-refractivity contribution is 0.0199. The van der Waals surface area contributed by atoms with Crippen LogP contribution in [0.2, 0.25) is 0 Å². The number of fused-ring (bicyclic) bond motifs is 1. The number of nitrogens with one attached hydrogen (secondary N) is 1. The summed E-state index contributed by atoms with van der Waals surface area (Å²) in [5.74, 6) is 1.66. The number of methoxy groups -OCH3 is 1. The Morgan fingerprint density at radius 1 is 1.08 bits per heavy atom. The predicted molar refractivity (Wildman–Crippen MR) is 150 cm³/mol. The number of likely N-dealkylation sites (tertiary alicyclic amines) is 1. The molecule has 1 fully saturated rings. The highest BCUT2D eigenvalue weighted by Crippen LogP contribution is 2.35. The van der Waals surface area contributed by atoms with E-state index in [1.54, 1.807) is 28.0 Å². The summed E-state index contributed by atoms with van der Waals surface area (Å²) in [4.78, 5) is 41.5. The molecule has 3 heterocycles. The van der Waals surface area contributed by atoms with E-state index in [1.807, 2.05) is 75.4 Å². The van der Waals surface area contributed by atoms with Crippen LogP contribution in [0.15, 0.2) is 60.8 Å². The summed E-state index contributed by atoms with van der Waals surface area (Å²) in [5.41, 5.74) is 1.80. The Kier molecular flexibility index (Phi) is 7.28. The Morgan fingerprint density at radius 2 is 1.82 bits per heavy atom. The number of ether oxygens (including phenoxy) is 2. The Hall–Kier alpha value is -4.34. The lowest BCUT2D eigenvalue weighted by Gasteiger charge is -2.43. The van der Waals surface area contributed by atoms with Crippen LogP contribution in [0.3, 0.4) is 0 Å². The average Bonchev–Trinajstić information content (AvgIpc) is 2.92. The fourth-order valence-corrected chi connectivity index (χ4v) is 4.84. The van der Waals surface area contributed by atoms with Gasteiger partial charge in [-0.25, -0.2) is 14.6 Å². The van der Waals surface area contributed by atoms with Gasteiger partial charge in [0.05, 0.1) is 19.7 Å². The van der Waals surface area contributed by atoms with E-state index >= 15 is 0 Å². The van der Waals surface area contributed by atoms with Gasteiger partial charge in [-0.2, -0.15) is 4.98 Å². The normalized spacial score (nSPS) is 17.5. The van der Waals surface area contributed by atoms with Gasteiger partial charge in [0.25, 0.3) is 0 Å². The number of rotatable bonds is 5. The van der Waals surface area contributed by atoms with Crippen molar-refractivity contribution in [3.05, 3.63) is 66.4 Å². The minimum Gasteiger partial charge on any atom is -0.497 e. The summed E-state index contributed by atoms with van der Waals surface area (Å²) in [6.45, 7) is 6.80. The number of benzene rings is 2. The van der Waals surface area contributed by atoms with E-state index in [0.717, 1.165) is 29.8 Å². The van der Waals surface area contributed by atoms with Crippen LogP contribution < -0.4 is 19.9 Å². The number of piperidine rings is 1. The van der Waals surface area contributed by atoms with Crippen LogP contribution in [0.4, 0.5) is 32.7 Å². The summed E-state index contributed by atoms with van der Waals surface area (Å²) in [6, 6.07) is 16.5. The molecule has 10 heteroatoms. The zero-order valence-corrected chi connectivity index (χ0v) is 22.8. The maximum Gasteiger partial charge on any atom is 0.410 e. The standard InChI is InChI=1S/C29H34N6O4/c1-29(2,3)39-28(37)33-16-8-11-23(19-33)35-25-20(17-30-26(32-25)31-21-9-6-5-7-10-21)18-34(27(35)36)22-12-14-24(38-4)15-13-22/h5-7,9-10,12-15,17,23H,8,11,16,18-19H2,1-4H3,(H,30,31,32). The van der Waals surface area contributed by atoms with Gasteiger partial charge in [0.1, 0.15) is 17.2 Å². The number of nitrogens with zero attached hydrogens (tertiary/aromatic N) is 5. The molecule has 39 heavy (non-hydrogen) atoms. The topological polar surface area (TPSA) is 100 Å². The molecule has 2 aliphatic rings. The van der Waals surface area contributed by atoms with Crippen molar-refractivity contribution in [3.8, 4) is 5.75 Å². The SMILES string of the molecule is COc1ccc(N2Cc3cnc(Nc4ccccc4)nc3N(C3CCCN(C(=O)OC(C)(C)C)C3)C2=O)cc1. The van der Waals surface area contributed by atoms with Gasteiger partial charge in [-0.05, 0) is 70.0 Å². The summed E-state index contributed by atoms with van der Waals surface area (Å²) in [6.07, 6.45) is 2.86. The van der Waals surface area contributed by atoms with Crippen LogP contribution in [0.1, 0.15) is 39.2 Å². The average molecular weight is 531 g/mol.